The first-order chi connectivity index (χ1) is 16.5. The van der Waals surface area contributed by atoms with Crippen LogP contribution in [0.3, 0.4) is 0 Å². The first-order valence-corrected chi connectivity index (χ1v) is 12.5. The third kappa shape index (κ3) is 5.32. The molecule has 0 spiro atoms. The number of hydrogen-bond acceptors (Lipinski definition) is 4. The molecule has 1 N–H and O–H groups in total. The van der Waals surface area contributed by atoms with Crippen molar-refractivity contribution in [3.63, 3.8) is 0 Å². The maximum absolute atomic E-state index is 12.6. The molecule has 0 aliphatic heterocycles. The molecule has 4 rings (SSSR count). The van der Waals surface area contributed by atoms with E-state index in [0.717, 1.165) is 40.0 Å². The second-order valence-corrected chi connectivity index (χ2v) is 9.19. The van der Waals surface area contributed by atoms with Crippen LogP contribution in [0.4, 0.5) is 0 Å². The highest BCUT2D eigenvalue weighted by Crippen LogP contribution is 2.32. The molecule has 180 valence electrons. The maximum atomic E-state index is 12.6. The van der Waals surface area contributed by atoms with E-state index >= 15 is 0 Å². The van der Waals surface area contributed by atoms with Gasteiger partial charge in [0.25, 0.3) is 0 Å². The van der Waals surface area contributed by atoms with E-state index in [2.05, 4.69) is 49.5 Å². The number of amides is 1. The Morgan fingerprint density at radius 1 is 1.12 bits per heavy atom. The number of benzene rings is 1. The van der Waals surface area contributed by atoms with Crippen molar-refractivity contribution in [2.24, 2.45) is 0 Å². The standard InChI is InChI=1S/C28H36N4O2/c1-5-34-28-24(15-16-25(33)29-18-17-22-9-7-6-8-10-22)20(3)26-21(4)31-32(27(26)30-28)23-13-11-19(2)12-14-23/h9,11-14H,5-8,10,15-18H2,1-4H3,(H,29,33). The van der Waals surface area contributed by atoms with Crippen LogP contribution in [0.25, 0.3) is 16.7 Å². The summed E-state index contributed by atoms with van der Waals surface area (Å²) < 4.78 is 7.83. The average Bonchev–Trinajstić information content (AvgIpc) is 3.16. The lowest BCUT2D eigenvalue weighted by atomic mass is 9.97. The largest absolute Gasteiger partial charge is 0.478 e. The van der Waals surface area contributed by atoms with Crippen LogP contribution in [-0.2, 0) is 11.2 Å². The van der Waals surface area contributed by atoms with Gasteiger partial charge in [-0.25, -0.2) is 4.68 Å². The summed E-state index contributed by atoms with van der Waals surface area (Å²) in [5.41, 5.74) is 7.45. The van der Waals surface area contributed by atoms with Crippen LogP contribution in [0.2, 0.25) is 0 Å². The summed E-state index contributed by atoms with van der Waals surface area (Å²) in [5, 5.41) is 8.91. The topological polar surface area (TPSA) is 69.0 Å². The average molecular weight is 461 g/mol. The van der Waals surface area contributed by atoms with E-state index in [1.54, 1.807) is 0 Å². The monoisotopic (exact) mass is 460 g/mol. The van der Waals surface area contributed by atoms with Gasteiger partial charge in [-0.3, -0.25) is 4.79 Å². The second-order valence-electron chi connectivity index (χ2n) is 9.19. The van der Waals surface area contributed by atoms with Crippen LogP contribution in [-0.4, -0.2) is 33.8 Å². The van der Waals surface area contributed by atoms with E-state index in [1.807, 2.05) is 18.5 Å². The van der Waals surface area contributed by atoms with Gasteiger partial charge in [0.2, 0.25) is 11.8 Å². The Morgan fingerprint density at radius 2 is 1.91 bits per heavy atom. The number of fused-ring (bicyclic) bond motifs is 1. The Hall–Kier alpha value is -3.15. The molecule has 0 fully saturated rings. The second kappa shape index (κ2) is 10.9. The van der Waals surface area contributed by atoms with Crippen molar-refractivity contribution in [2.45, 2.75) is 72.6 Å². The minimum absolute atomic E-state index is 0.0745. The summed E-state index contributed by atoms with van der Waals surface area (Å²) in [7, 11) is 0. The molecule has 2 heterocycles. The summed E-state index contributed by atoms with van der Waals surface area (Å²) in [6, 6.07) is 8.26. The molecule has 1 aliphatic rings. The number of aryl methyl sites for hydroxylation is 3. The Balaban J connectivity index is 1.53. The van der Waals surface area contributed by atoms with Gasteiger partial charge in [0.15, 0.2) is 5.65 Å². The van der Waals surface area contributed by atoms with Gasteiger partial charge in [0.05, 0.1) is 18.0 Å². The highest BCUT2D eigenvalue weighted by molar-refractivity contribution is 5.86. The quantitative estimate of drug-likeness (QED) is 0.417. The van der Waals surface area contributed by atoms with Crippen molar-refractivity contribution in [1.29, 1.82) is 0 Å². The van der Waals surface area contributed by atoms with Crippen LogP contribution >= 0.6 is 0 Å². The summed E-state index contributed by atoms with van der Waals surface area (Å²) in [4.78, 5) is 17.5. The zero-order chi connectivity index (χ0) is 24.1. The van der Waals surface area contributed by atoms with Crippen LogP contribution in [0.1, 0.15) is 67.8 Å². The van der Waals surface area contributed by atoms with E-state index in [1.165, 1.54) is 36.8 Å². The lowest BCUT2D eigenvalue weighted by Gasteiger charge is -2.15. The van der Waals surface area contributed by atoms with E-state index in [4.69, 9.17) is 14.8 Å². The zero-order valence-corrected chi connectivity index (χ0v) is 20.9. The molecule has 0 saturated carbocycles. The number of hydrogen-bond donors (Lipinski definition) is 1. The van der Waals surface area contributed by atoms with Crippen molar-refractivity contribution in [3.05, 3.63) is 58.3 Å². The highest BCUT2D eigenvalue weighted by Gasteiger charge is 2.20. The van der Waals surface area contributed by atoms with Crippen LogP contribution < -0.4 is 10.1 Å². The van der Waals surface area contributed by atoms with Crippen LogP contribution in [0.15, 0.2) is 35.9 Å². The van der Waals surface area contributed by atoms with Crippen LogP contribution in [0, 0.1) is 20.8 Å². The molecule has 0 radical (unpaired) electrons. The number of pyridine rings is 1. The maximum Gasteiger partial charge on any atom is 0.220 e. The molecule has 2 aromatic heterocycles. The number of ether oxygens (including phenoxy) is 1. The van der Waals surface area contributed by atoms with Gasteiger partial charge in [0, 0.05) is 23.9 Å². The molecular weight excluding hydrogens is 424 g/mol. The third-order valence-electron chi connectivity index (χ3n) is 6.64. The number of aromatic nitrogens is 3. The lowest BCUT2D eigenvalue weighted by Crippen LogP contribution is -2.25. The molecule has 0 bridgehead atoms. The number of carbonyl (C=O) groups excluding carboxylic acids is 1. The Labute approximate surface area is 202 Å². The fourth-order valence-corrected chi connectivity index (χ4v) is 4.77. The van der Waals surface area contributed by atoms with E-state index in [-0.39, 0.29) is 5.91 Å². The fraction of sp³-hybridized carbons (Fsp3) is 0.464. The lowest BCUT2D eigenvalue weighted by molar-refractivity contribution is -0.121. The van der Waals surface area contributed by atoms with Gasteiger partial charge >= 0.3 is 0 Å². The Bertz CT molecular complexity index is 1190. The smallest absolute Gasteiger partial charge is 0.220 e. The predicted molar refractivity (Wildman–Crippen MR) is 137 cm³/mol. The molecule has 0 saturated heterocycles. The van der Waals surface area contributed by atoms with Gasteiger partial charge in [0.1, 0.15) is 0 Å². The van der Waals surface area contributed by atoms with Crippen molar-refractivity contribution in [2.75, 3.05) is 13.2 Å². The minimum atomic E-state index is 0.0745. The van der Waals surface area contributed by atoms with E-state index < -0.39 is 0 Å². The number of rotatable bonds is 9. The molecule has 6 nitrogen and oxygen atoms in total. The van der Waals surface area contributed by atoms with Gasteiger partial charge in [-0.15, -0.1) is 0 Å². The Kier molecular flexibility index (Phi) is 7.66. The van der Waals surface area contributed by atoms with E-state index in [0.29, 0.717) is 31.9 Å². The number of carbonyl (C=O) groups is 1. The summed E-state index contributed by atoms with van der Waals surface area (Å²) in [5.74, 6) is 0.673. The summed E-state index contributed by atoms with van der Waals surface area (Å²) in [6.45, 7) is 9.36. The van der Waals surface area contributed by atoms with Gasteiger partial charge in [-0.2, -0.15) is 10.1 Å². The molecule has 1 amide bonds. The Morgan fingerprint density at radius 3 is 2.62 bits per heavy atom. The summed E-state index contributed by atoms with van der Waals surface area (Å²) in [6.07, 6.45) is 9.22. The third-order valence-corrected chi connectivity index (χ3v) is 6.64. The van der Waals surface area contributed by atoms with Gasteiger partial charge < -0.3 is 10.1 Å². The zero-order valence-electron chi connectivity index (χ0n) is 20.9. The van der Waals surface area contributed by atoms with Crippen molar-refractivity contribution in [1.82, 2.24) is 20.1 Å². The molecule has 6 heteroatoms. The normalized spacial score (nSPS) is 13.7. The van der Waals surface area contributed by atoms with Crippen molar-refractivity contribution >= 4 is 16.9 Å². The molecule has 1 aliphatic carbocycles. The van der Waals surface area contributed by atoms with Crippen molar-refractivity contribution < 1.29 is 9.53 Å². The first-order valence-electron chi connectivity index (χ1n) is 12.5. The van der Waals surface area contributed by atoms with Gasteiger partial charge in [-0.1, -0.05) is 29.3 Å². The number of nitrogens with zero attached hydrogens (tertiary/aromatic N) is 3. The number of nitrogens with one attached hydrogen (secondary N) is 1. The van der Waals surface area contributed by atoms with E-state index in [9.17, 15) is 4.79 Å². The van der Waals surface area contributed by atoms with Crippen LogP contribution in [0.5, 0.6) is 5.88 Å². The molecule has 1 aromatic carbocycles. The van der Waals surface area contributed by atoms with Crippen molar-refractivity contribution in [3.8, 4) is 11.6 Å². The highest BCUT2D eigenvalue weighted by atomic mass is 16.5. The van der Waals surface area contributed by atoms with Gasteiger partial charge in [-0.05, 0) is 83.9 Å². The first kappa shape index (κ1) is 24.0. The minimum Gasteiger partial charge on any atom is -0.478 e. The molecular formula is C28H36N4O2. The SMILES string of the molecule is CCOc1nc2c(c(C)nn2-c2ccc(C)cc2)c(C)c1CCC(=O)NCCC1=CCCCC1. The predicted octanol–water partition coefficient (Wildman–Crippen LogP) is 5.68. The summed E-state index contributed by atoms with van der Waals surface area (Å²) >= 11 is 0. The fourth-order valence-electron chi connectivity index (χ4n) is 4.77. The molecule has 0 atom stereocenters. The number of allylic oxidation sites excluding steroid dienone is 1. The molecule has 3 aromatic rings. The molecule has 34 heavy (non-hydrogen) atoms. The molecule has 0 unspecified atom stereocenters.